The SMILES string of the molecule is CCCCCCCCCCCCCCCCC(CS(=O)(=O)OS)C1CCCCC1. The van der Waals surface area contributed by atoms with Crippen LogP contribution in [0.3, 0.4) is 0 Å². The summed E-state index contributed by atoms with van der Waals surface area (Å²) in [7, 11) is -3.47. The zero-order valence-electron chi connectivity index (χ0n) is 19.1. The van der Waals surface area contributed by atoms with Gasteiger partial charge >= 0.3 is 0 Å². The van der Waals surface area contributed by atoms with Gasteiger partial charge < -0.3 is 0 Å². The lowest BCUT2D eigenvalue weighted by Crippen LogP contribution is -2.25. The van der Waals surface area contributed by atoms with E-state index in [4.69, 9.17) is 0 Å². The molecule has 0 bridgehead atoms. The average Bonchev–Trinajstić information content (AvgIpc) is 2.73. The highest BCUT2D eigenvalue weighted by molar-refractivity contribution is 7.95. The van der Waals surface area contributed by atoms with Crippen molar-refractivity contribution in [2.24, 2.45) is 11.8 Å². The summed E-state index contributed by atoms with van der Waals surface area (Å²) in [5, 5.41) is 0. The quantitative estimate of drug-likeness (QED) is 0.123. The van der Waals surface area contributed by atoms with Crippen LogP contribution in [0.15, 0.2) is 0 Å². The van der Waals surface area contributed by atoms with Crippen molar-refractivity contribution in [3.05, 3.63) is 0 Å². The van der Waals surface area contributed by atoms with Gasteiger partial charge in [0.2, 0.25) is 0 Å². The molecule has 0 amide bonds. The van der Waals surface area contributed by atoms with E-state index in [1.807, 2.05) is 0 Å². The van der Waals surface area contributed by atoms with Gasteiger partial charge in [-0.25, -0.2) is 3.63 Å². The Labute approximate surface area is 187 Å². The van der Waals surface area contributed by atoms with Gasteiger partial charge in [0.25, 0.3) is 10.1 Å². The summed E-state index contributed by atoms with van der Waals surface area (Å²) < 4.78 is 28.3. The van der Waals surface area contributed by atoms with E-state index in [1.54, 1.807) is 0 Å². The third-order valence-electron chi connectivity index (χ3n) is 6.78. The molecule has 1 rings (SSSR count). The minimum Gasteiger partial charge on any atom is -0.201 e. The molecule has 1 atom stereocenters. The summed E-state index contributed by atoms with van der Waals surface area (Å²) in [5.41, 5.74) is 0. The van der Waals surface area contributed by atoms with Crippen LogP contribution in [0.1, 0.15) is 135 Å². The van der Waals surface area contributed by atoms with Crippen LogP contribution in [0.5, 0.6) is 0 Å². The fraction of sp³-hybridized carbons (Fsp3) is 1.00. The van der Waals surface area contributed by atoms with E-state index in [0.29, 0.717) is 5.92 Å². The predicted molar refractivity (Wildman–Crippen MR) is 129 cm³/mol. The Balaban J connectivity index is 2.04. The Bertz CT molecular complexity index is 459. The van der Waals surface area contributed by atoms with Crippen molar-refractivity contribution >= 4 is 23.0 Å². The average molecular weight is 449 g/mol. The molecule has 1 saturated carbocycles. The molecule has 0 saturated heterocycles. The highest BCUT2D eigenvalue weighted by Crippen LogP contribution is 2.34. The van der Waals surface area contributed by atoms with E-state index in [0.717, 1.165) is 12.8 Å². The summed E-state index contributed by atoms with van der Waals surface area (Å²) in [4.78, 5) is 0. The first-order valence-electron chi connectivity index (χ1n) is 12.6. The molecule has 0 radical (unpaired) electrons. The lowest BCUT2D eigenvalue weighted by Gasteiger charge is -2.29. The second-order valence-electron chi connectivity index (χ2n) is 9.34. The molecule has 174 valence electrons. The first-order valence-corrected chi connectivity index (χ1v) is 14.6. The van der Waals surface area contributed by atoms with Crippen molar-refractivity contribution in [2.75, 3.05) is 5.75 Å². The van der Waals surface area contributed by atoms with Crippen LogP contribution in [0.25, 0.3) is 0 Å². The largest absolute Gasteiger partial charge is 0.278 e. The molecule has 0 aromatic heterocycles. The second kappa shape index (κ2) is 17.9. The molecule has 0 spiro atoms. The number of unbranched alkanes of at least 4 members (excludes halogenated alkanes) is 13. The van der Waals surface area contributed by atoms with Crippen molar-refractivity contribution in [1.82, 2.24) is 0 Å². The van der Waals surface area contributed by atoms with Gasteiger partial charge in [-0.3, -0.25) is 0 Å². The first-order chi connectivity index (χ1) is 14.1. The second-order valence-corrected chi connectivity index (χ2v) is 11.4. The normalized spacial score (nSPS) is 16.9. The van der Waals surface area contributed by atoms with Gasteiger partial charge in [0, 0.05) is 0 Å². The first kappa shape index (κ1) is 27.3. The predicted octanol–water partition coefficient (Wildman–Crippen LogP) is 8.25. The van der Waals surface area contributed by atoms with E-state index < -0.39 is 10.1 Å². The van der Waals surface area contributed by atoms with Gasteiger partial charge in [-0.05, 0) is 31.2 Å². The van der Waals surface area contributed by atoms with Gasteiger partial charge in [-0.15, -0.1) is 0 Å². The maximum atomic E-state index is 11.9. The number of hydrogen-bond donors (Lipinski definition) is 1. The molecule has 29 heavy (non-hydrogen) atoms. The van der Waals surface area contributed by atoms with Crippen molar-refractivity contribution in [2.45, 2.75) is 135 Å². The number of thiol groups is 1. The molecule has 1 aliphatic carbocycles. The lowest BCUT2D eigenvalue weighted by atomic mass is 9.78. The lowest BCUT2D eigenvalue weighted by molar-refractivity contribution is 0.247. The molecule has 0 aromatic carbocycles. The molecular formula is C24H48O3S2. The minimum absolute atomic E-state index is 0.152. The molecular weight excluding hydrogens is 400 g/mol. The van der Waals surface area contributed by atoms with Crippen LogP contribution in [0.4, 0.5) is 0 Å². The van der Waals surface area contributed by atoms with Crippen molar-refractivity contribution < 1.29 is 12.0 Å². The molecule has 3 nitrogen and oxygen atoms in total. The van der Waals surface area contributed by atoms with Crippen molar-refractivity contribution in [3.8, 4) is 0 Å². The minimum atomic E-state index is -3.47. The standard InChI is InChI=1S/C24H48O3S2/c1-2-3-4-5-6-7-8-9-10-11-12-13-14-16-21-24(22-29(25,26)27-28)23-19-17-15-18-20-23/h23-24,28H,2-22H2,1H3. The van der Waals surface area contributed by atoms with E-state index in [2.05, 4.69) is 23.5 Å². The van der Waals surface area contributed by atoms with Gasteiger partial charge in [0.1, 0.15) is 0 Å². The molecule has 0 aliphatic heterocycles. The zero-order valence-corrected chi connectivity index (χ0v) is 20.8. The van der Waals surface area contributed by atoms with Crippen molar-refractivity contribution in [3.63, 3.8) is 0 Å². The Kier molecular flexibility index (Phi) is 16.8. The molecule has 1 aliphatic rings. The Hall–Kier alpha value is 0.260. The van der Waals surface area contributed by atoms with Crippen LogP contribution in [-0.2, 0) is 13.7 Å². The number of hydrogen-bond acceptors (Lipinski definition) is 4. The molecule has 1 unspecified atom stereocenters. The van der Waals surface area contributed by atoms with Crippen LogP contribution in [-0.4, -0.2) is 14.2 Å². The van der Waals surface area contributed by atoms with Gasteiger partial charge in [0.05, 0.1) is 5.75 Å². The van der Waals surface area contributed by atoms with Crippen LogP contribution >= 0.6 is 12.9 Å². The fourth-order valence-corrected chi connectivity index (χ4v) is 6.16. The molecule has 1 fully saturated rings. The highest BCUT2D eigenvalue weighted by atomic mass is 32.3. The highest BCUT2D eigenvalue weighted by Gasteiger charge is 2.28. The van der Waals surface area contributed by atoms with Crippen LogP contribution in [0, 0.1) is 11.8 Å². The smallest absolute Gasteiger partial charge is 0.201 e. The third kappa shape index (κ3) is 14.8. The maximum Gasteiger partial charge on any atom is 0.278 e. The van der Waals surface area contributed by atoms with Crippen molar-refractivity contribution in [1.29, 1.82) is 0 Å². The summed E-state index contributed by atoms with van der Waals surface area (Å²) in [6.07, 6.45) is 26.2. The zero-order chi connectivity index (χ0) is 21.2. The topological polar surface area (TPSA) is 43.4 Å². The molecule has 0 aromatic rings. The molecule has 0 heterocycles. The van der Waals surface area contributed by atoms with Crippen LogP contribution in [0.2, 0.25) is 0 Å². The van der Waals surface area contributed by atoms with Gasteiger partial charge in [0.15, 0.2) is 0 Å². The van der Waals surface area contributed by atoms with E-state index in [1.165, 1.54) is 116 Å². The monoisotopic (exact) mass is 448 g/mol. The molecule has 0 N–H and O–H groups in total. The third-order valence-corrected chi connectivity index (χ3v) is 8.52. The Morgan fingerprint density at radius 1 is 0.759 bits per heavy atom. The van der Waals surface area contributed by atoms with E-state index in [-0.39, 0.29) is 11.7 Å². The van der Waals surface area contributed by atoms with E-state index in [9.17, 15) is 8.42 Å². The summed E-state index contributed by atoms with van der Waals surface area (Å²) in [5.74, 6) is 0.966. The van der Waals surface area contributed by atoms with Crippen LogP contribution < -0.4 is 0 Å². The summed E-state index contributed by atoms with van der Waals surface area (Å²) in [6, 6.07) is 0. The summed E-state index contributed by atoms with van der Waals surface area (Å²) in [6.45, 7) is 2.28. The maximum absolute atomic E-state index is 11.9. The van der Waals surface area contributed by atoms with Gasteiger partial charge in [-0.1, -0.05) is 129 Å². The number of rotatable bonds is 19. The summed E-state index contributed by atoms with van der Waals surface area (Å²) >= 11 is 3.55. The van der Waals surface area contributed by atoms with Gasteiger partial charge in [-0.2, -0.15) is 8.42 Å². The Morgan fingerprint density at radius 2 is 1.21 bits per heavy atom. The Morgan fingerprint density at radius 3 is 1.66 bits per heavy atom. The molecule has 5 heteroatoms. The van der Waals surface area contributed by atoms with E-state index >= 15 is 0 Å². The fourth-order valence-electron chi connectivity index (χ4n) is 4.95.